The van der Waals surface area contributed by atoms with Crippen molar-refractivity contribution in [1.82, 2.24) is 9.80 Å². The Hall–Kier alpha value is -1.79. The van der Waals surface area contributed by atoms with E-state index in [1.165, 1.54) is 4.90 Å². The summed E-state index contributed by atoms with van der Waals surface area (Å²) < 4.78 is 5.28. The Kier molecular flexibility index (Phi) is 4.49. The fourth-order valence-corrected chi connectivity index (χ4v) is 3.50. The van der Waals surface area contributed by atoms with Gasteiger partial charge in [-0.1, -0.05) is 18.2 Å². The monoisotopic (exact) mass is 318 g/mol. The molecule has 0 saturated carbocycles. The standard InChI is InChI=1S/C16H18N2O3S/c1-21-13-7-3-2-6-12(13)10-14-15(19)18(16(20)22-14)11-17-8-4-5-9-17/h2-3,6-7,10H,4-5,8-9,11H2,1H3. The molecule has 2 aliphatic heterocycles. The van der Waals surface area contributed by atoms with E-state index >= 15 is 0 Å². The molecule has 0 aromatic heterocycles. The van der Waals surface area contributed by atoms with Gasteiger partial charge < -0.3 is 4.74 Å². The normalized spacial score (nSPS) is 21.1. The minimum atomic E-state index is -0.215. The molecule has 5 nitrogen and oxygen atoms in total. The summed E-state index contributed by atoms with van der Waals surface area (Å²) in [5.74, 6) is 0.474. The van der Waals surface area contributed by atoms with Crippen LogP contribution in [0.15, 0.2) is 29.2 Å². The molecule has 22 heavy (non-hydrogen) atoms. The minimum Gasteiger partial charge on any atom is -0.496 e. The van der Waals surface area contributed by atoms with Gasteiger partial charge in [-0.25, -0.2) is 0 Å². The minimum absolute atomic E-state index is 0.196. The molecule has 0 radical (unpaired) electrons. The lowest BCUT2D eigenvalue weighted by Crippen LogP contribution is -2.38. The fraction of sp³-hybridized carbons (Fsp3) is 0.375. The first-order valence-electron chi connectivity index (χ1n) is 7.30. The molecule has 0 N–H and O–H groups in total. The van der Waals surface area contributed by atoms with E-state index in [1.54, 1.807) is 13.2 Å². The molecular formula is C16H18N2O3S. The van der Waals surface area contributed by atoms with Crippen LogP contribution in [0.5, 0.6) is 5.75 Å². The molecule has 2 aliphatic rings. The van der Waals surface area contributed by atoms with Crippen LogP contribution in [0.3, 0.4) is 0 Å². The molecule has 1 aromatic rings. The molecule has 0 spiro atoms. The van der Waals surface area contributed by atoms with Crippen molar-refractivity contribution in [3.8, 4) is 5.75 Å². The lowest BCUT2D eigenvalue weighted by Gasteiger charge is -2.20. The first-order chi connectivity index (χ1) is 10.7. The second-order valence-corrected chi connectivity index (χ2v) is 6.31. The summed E-state index contributed by atoms with van der Waals surface area (Å²) in [6.07, 6.45) is 3.99. The molecule has 2 fully saturated rings. The topological polar surface area (TPSA) is 49.9 Å². The van der Waals surface area contributed by atoms with E-state index in [0.717, 1.165) is 43.3 Å². The number of carbonyl (C=O) groups excluding carboxylic acids is 2. The number of methoxy groups -OCH3 is 1. The van der Waals surface area contributed by atoms with Crippen LogP contribution in [-0.2, 0) is 4.79 Å². The second-order valence-electron chi connectivity index (χ2n) is 5.32. The average Bonchev–Trinajstić information content (AvgIpc) is 3.12. The van der Waals surface area contributed by atoms with E-state index in [4.69, 9.17) is 4.74 Å². The zero-order valence-corrected chi connectivity index (χ0v) is 13.3. The summed E-state index contributed by atoms with van der Waals surface area (Å²) >= 11 is 0.996. The summed E-state index contributed by atoms with van der Waals surface area (Å²) in [4.78, 5) is 28.5. The van der Waals surface area contributed by atoms with Crippen LogP contribution in [0, 0.1) is 0 Å². The third kappa shape index (κ3) is 3.03. The number of hydrogen-bond acceptors (Lipinski definition) is 5. The van der Waals surface area contributed by atoms with E-state index in [1.807, 2.05) is 24.3 Å². The molecule has 3 rings (SSSR count). The summed E-state index contributed by atoms with van der Waals surface area (Å²) in [6, 6.07) is 7.45. The Balaban J connectivity index is 1.79. The van der Waals surface area contributed by atoms with Gasteiger partial charge in [0.25, 0.3) is 11.1 Å². The van der Waals surface area contributed by atoms with Crippen LogP contribution in [0.2, 0.25) is 0 Å². The summed E-state index contributed by atoms with van der Waals surface area (Å²) in [5.41, 5.74) is 0.802. The maximum Gasteiger partial charge on any atom is 0.294 e. The van der Waals surface area contributed by atoms with Crippen molar-refractivity contribution in [2.24, 2.45) is 0 Å². The molecule has 116 valence electrons. The molecular weight excluding hydrogens is 300 g/mol. The Morgan fingerprint density at radius 2 is 1.95 bits per heavy atom. The Morgan fingerprint density at radius 1 is 1.23 bits per heavy atom. The van der Waals surface area contributed by atoms with Crippen molar-refractivity contribution in [3.05, 3.63) is 34.7 Å². The largest absolute Gasteiger partial charge is 0.496 e. The lowest BCUT2D eigenvalue weighted by molar-refractivity contribution is -0.124. The van der Waals surface area contributed by atoms with Crippen molar-refractivity contribution < 1.29 is 14.3 Å². The van der Waals surface area contributed by atoms with Crippen molar-refractivity contribution in [3.63, 3.8) is 0 Å². The molecule has 0 aliphatic carbocycles. The van der Waals surface area contributed by atoms with Gasteiger partial charge in [0.1, 0.15) is 5.75 Å². The highest BCUT2D eigenvalue weighted by atomic mass is 32.2. The van der Waals surface area contributed by atoms with Gasteiger partial charge in [-0.05, 0) is 49.8 Å². The highest BCUT2D eigenvalue weighted by molar-refractivity contribution is 8.18. The first-order valence-corrected chi connectivity index (χ1v) is 8.11. The first kappa shape index (κ1) is 15.1. The van der Waals surface area contributed by atoms with Crippen LogP contribution in [-0.4, -0.2) is 47.8 Å². The van der Waals surface area contributed by atoms with Crippen LogP contribution < -0.4 is 4.74 Å². The number of amides is 2. The number of para-hydroxylation sites is 1. The van der Waals surface area contributed by atoms with Gasteiger partial charge in [0.15, 0.2) is 0 Å². The molecule has 0 unspecified atom stereocenters. The highest BCUT2D eigenvalue weighted by Gasteiger charge is 2.36. The average molecular weight is 318 g/mol. The summed E-state index contributed by atoms with van der Waals surface area (Å²) in [6.45, 7) is 2.30. The number of imide groups is 1. The lowest BCUT2D eigenvalue weighted by atomic mass is 10.2. The highest BCUT2D eigenvalue weighted by Crippen LogP contribution is 2.34. The van der Waals surface area contributed by atoms with E-state index < -0.39 is 0 Å². The Labute approximate surface area is 133 Å². The number of benzene rings is 1. The van der Waals surface area contributed by atoms with Crippen molar-refractivity contribution >= 4 is 29.0 Å². The van der Waals surface area contributed by atoms with E-state index in [2.05, 4.69) is 4.90 Å². The Morgan fingerprint density at radius 3 is 2.68 bits per heavy atom. The van der Waals surface area contributed by atoms with Gasteiger partial charge in [-0.3, -0.25) is 19.4 Å². The van der Waals surface area contributed by atoms with Crippen LogP contribution in [0.25, 0.3) is 6.08 Å². The number of hydrogen-bond donors (Lipinski definition) is 0. The maximum absolute atomic E-state index is 12.5. The van der Waals surface area contributed by atoms with Crippen molar-refractivity contribution in [2.75, 3.05) is 26.9 Å². The van der Waals surface area contributed by atoms with Gasteiger partial charge in [-0.2, -0.15) is 0 Å². The third-order valence-electron chi connectivity index (χ3n) is 3.84. The van der Waals surface area contributed by atoms with Crippen LogP contribution >= 0.6 is 11.8 Å². The van der Waals surface area contributed by atoms with Crippen LogP contribution in [0.1, 0.15) is 18.4 Å². The number of nitrogens with zero attached hydrogens (tertiary/aromatic N) is 2. The predicted octanol–water partition coefficient (Wildman–Crippen LogP) is 2.78. The molecule has 6 heteroatoms. The van der Waals surface area contributed by atoms with E-state index in [-0.39, 0.29) is 11.1 Å². The summed E-state index contributed by atoms with van der Waals surface area (Å²) in [7, 11) is 1.59. The zero-order valence-electron chi connectivity index (χ0n) is 12.4. The SMILES string of the molecule is COc1ccccc1C=C1SC(=O)N(CN2CCCC2)C1=O. The molecule has 2 amide bonds. The number of rotatable bonds is 4. The predicted molar refractivity (Wildman–Crippen MR) is 86.5 cm³/mol. The maximum atomic E-state index is 12.5. The fourth-order valence-electron chi connectivity index (χ4n) is 2.67. The number of likely N-dealkylation sites (tertiary alicyclic amines) is 1. The van der Waals surface area contributed by atoms with Crippen LogP contribution in [0.4, 0.5) is 4.79 Å². The van der Waals surface area contributed by atoms with Gasteiger partial charge in [0.05, 0.1) is 18.7 Å². The molecule has 2 saturated heterocycles. The van der Waals surface area contributed by atoms with Gasteiger partial charge >= 0.3 is 0 Å². The number of ether oxygens (including phenoxy) is 1. The van der Waals surface area contributed by atoms with Crippen molar-refractivity contribution in [1.29, 1.82) is 0 Å². The van der Waals surface area contributed by atoms with Gasteiger partial charge in [0, 0.05) is 5.56 Å². The molecule has 2 heterocycles. The van der Waals surface area contributed by atoms with Crippen molar-refractivity contribution in [2.45, 2.75) is 12.8 Å². The number of carbonyl (C=O) groups is 2. The Bertz CT molecular complexity index is 624. The molecule has 0 bridgehead atoms. The number of thioether (sulfide) groups is 1. The summed E-state index contributed by atoms with van der Waals surface area (Å²) in [5, 5.41) is -0.196. The zero-order chi connectivity index (χ0) is 15.5. The van der Waals surface area contributed by atoms with E-state index in [9.17, 15) is 9.59 Å². The van der Waals surface area contributed by atoms with Gasteiger partial charge in [-0.15, -0.1) is 0 Å². The molecule has 1 aromatic carbocycles. The quantitative estimate of drug-likeness (QED) is 0.799. The third-order valence-corrected chi connectivity index (χ3v) is 4.75. The molecule has 0 atom stereocenters. The van der Waals surface area contributed by atoms with E-state index in [0.29, 0.717) is 17.3 Å². The second kappa shape index (κ2) is 6.54. The van der Waals surface area contributed by atoms with Gasteiger partial charge in [0.2, 0.25) is 0 Å². The smallest absolute Gasteiger partial charge is 0.294 e.